The van der Waals surface area contributed by atoms with E-state index in [2.05, 4.69) is 21.0 Å². The molecule has 0 unspecified atom stereocenters. The van der Waals surface area contributed by atoms with Crippen molar-refractivity contribution in [2.75, 3.05) is 0 Å². The number of rotatable bonds is 5. The van der Waals surface area contributed by atoms with Crippen molar-refractivity contribution in [1.82, 2.24) is 30.4 Å². The maximum atomic E-state index is 13.3. The third-order valence-electron chi connectivity index (χ3n) is 5.09. The van der Waals surface area contributed by atoms with Crippen molar-refractivity contribution in [3.8, 4) is 16.9 Å². The van der Waals surface area contributed by atoms with Crippen molar-refractivity contribution < 1.29 is 14.0 Å². The van der Waals surface area contributed by atoms with Gasteiger partial charge in [-0.1, -0.05) is 29.8 Å². The molecule has 0 saturated carbocycles. The lowest BCUT2D eigenvalue weighted by Gasteiger charge is -2.08. The highest BCUT2D eigenvalue weighted by atomic mass is 19.1. The number of hydrogen-bond acceptors (Lipinski definition) is 4. The van der Waals surface area contributed by atoms with Crippen LogP contribution in [0.4, 0.5) is 4.39 Å². The number of aryl methyl sites for hydroxylation is 3. The fourth-order valence-corrected chi connectivity index (χ4v) is 3.40. The van der Waals surface area contributed by atoms with Crippen LogP contribution in [0.3, 0.4) is 0 Å². The van der Waals surface area contributed by atoms with Gasteiger partial charge in [0.05, 0.1) is 16.9 Å². The van der Waals surface area contributed by atoms with Crippen LogP contribution in [0.15, 0.2) is 60.8 Å². The summed E-state index contributed by atoms with van der Waals surface area (Å²) < 4.78 is 16.4. The maximum Gasteiger partial charge on any atom is 0.273 e. The number of nitrogens with one attached hydrogen (secondary N) is 2. The number of halogens is 1. The predicted octanol–water partition coefficient (Wildman–Crippen LogP) is 3.26. The van der Waals surface area contributed by atoms with Gasteiger partial charge in [-0.25, -0.2) is 9.07 Å². The lowest BCUT2D eigenvalue weighted by Crippen LogP contribution is -2.43. The minimum Gasteiger partial charge on any atom is -0.271 e. The van der Waals surface area contributed by atoms with E-state index in [0.29, 0.717) is 11.4 Å². The van der Waals surface area contributed by atoms with Crippen LogP contribution in [-0.4, -0.2) is 31.4 Å². The first-order valence-corrected chi connectivity index (χ1v) is 10.3. The second-order valence-electron chi connectivity index (χ2n) is 7.77. The average molecular weight is 446 g/mol. The molecule has 2 heterocycles. The van der Waals surface area contributed by atoms with Crippen molar-refractivity contribution in [3.63, 3.8) is 0 Å². The lowest BCUT2D eigenvalue weighted by atomic mass is 10.1. The summed E-state index contributed by atoms with van der Waals surface area (Å²) in [6, 6.07) is 15.2. The molecule has 0 aliphatic carbocycles. The van der Waals surface area contributed by atoms with E-state index in [1.54, 1.807) is 23.0 Å². The topological polar surface area (TPSA) is 93.8 Å². The van der Waals surface area contributed by atoms with E-state index in [-0.39, 0.29) is 17.9 Å². The molecule has 0 atom stereocenters. The molecule has 0 saturated heterocycles. The van der Waals surface area contributed by atoms with Gasteiger partial charge in [-0.05, 0) is 51.1 Å². The number of hydrogen-bond donors (Lipinski definition) is 2. The van der Waals surface area contributed by atoms with E-state index < -0.39 is 11.8 Å². The Bertz CT molecular complexity index is 1310. The number of aromatic nitrogens is 4. The van der Waals surface area contributed by atoms with Crippen LogP contribution in [0.1, 0.15) is 27.3 Å². The minimum absolute atomic E-state index is 0.0282. The standard InChI is InChI=1S/C24H23FN6O2/c1-15-4-6-18(7-5-15)23-21(13-31(29-23)20-10-8-19(25)9-11-20)24(33)27-26-22(32)14-30-17(3)12-16(2)28-30/h4-13H,14H2,1-3H3,(H,26,32)(H,27,33). The van der Waals surface area contributed by atoms with E-state index in [1.807, 2.05) is 51.1 Å². The molecule has 9 heteroatoms. The van der Waals surface area contributed by atoms with Crippen molar-refractivity contribution in [1.29, 1.82) is 0 Å². The summed E-state index contributed by atoms with van der Waals surface area (Å²) in [4.78, 5) is 25.3. The fourth-order valence-electron chi connectivity index (χ4n) is 3.40. The molecule has 0 aliphatic rings. The highest BCUT2D eigenvalue weighted by Crippen LogP contribution is 2.24. The Morgan fingerprint density at radius 2 is 1.64 bits per heavy atom. The van der Waals surface area contributed by atoms with Gasteiger partial charge in [0.25, 0.3) is 11.8 Å². The van der Waals surface area contributed by atoms with Gasteiger partial charge in [0.15, 0.2) is 0 Å². The van der Waals surface area contributed by atoms with Gasteiger partial charge in [0.1, 0.15) is 18.1 Å². The highest BCUT2D eigenvalue weighted by molar-refractivity contribution is 6.00. The van der Waals surface area contributed by atoms with E-state index in [4.69, 9.17) is 0 Å². The van der Waals surface area contributed by atoms with Crippen molar-refractivity contribution in [2.45, 2.75) is 27.3 Å². The van der Waals surface area contributed by atoms with Gasteiger partial charge in [0, 0.05) is 17.5 Å². The summed E-state index contributed by atoms with van der Waals surface area (Å²) in [6.07, 6.45) is 1.55. The molecule has 4 aromatic rings. The Morgan fingerprint density at radius 3 is 2.27 bits per heavy atom. The van der Waals surface area contributed by atoms with Crippen LogP contribution in [0.25, 0.3) is 16.9 Å². The zero-order valence-electron chi connectivity index (χ0n) is 18.5. The number of amides is 2. The van der Waals surface area contributed by atoms with Crippen LogP contribution >= 0.6 is 0 Å². The van der Waals surface area contributed by atoms with Gasteiger partial charge in [-0.15, -0.1) is 0 Å². The van der Waals surface area contributed by atoms with Crippen LogP contribution < -0.4 is 10.9 Å². The van der Waals surface area contributed by atoms with Gasteiger partial charge in [-0.3, -0.25) is 25.1 Å². The lowest BCUT2D eigenvalue weighted by molar-refractivity contribution is -0.122. The van der Waals surface area contributed by atoms with Crippen molar-refractivity contribution in [2.24, 2.45) is 0 Å². The Balaban J connectivity index is 1.57. The minimum atomic E-state index is -0.527. The summed E-state index contributed by atoms with van der Waals surface area (Å²) in [7, 11) is 0. The summed E-state index contributed by atoms with van der Waals surface area (Å²) in [5, 5.41) is 8.79. The van der Waals surface area contributed by atoms with E-state index in [9.17, 15) is 14.0 Å². The second kappa shape index (κ2) is 9.07. The van der Waals surface area contributed by atoms with Crippen LogP contribution in [-0.2, 0) is 11.3 Å². The molecular weight excluding hydrogens is 423 g/mol. The SMILES string of the molecule is Cc1ccc(-c2nn(-c3ccc(F)cc3)cc2C(=O)NNC(=O)Cn2nc(C)cc2C)cc1. The number of nitrogens with zero attached hydrogens (tertiary/aromatic N) is 4. The van der Waals surface area contributed by atoms with Crippen LogP contribution in [0.2, 0.25) is 0 Å². The summed E-state index contributed by atoms with van der Waals surface area (Å²) in [5.41, 5.74) is 9.62. The molecule has 0 aliphatic heterocycles. The molecule has 0 bridgehead atoms. The van der Waals surface area contributed by atoms with Gasteiger partial charge in [-0.2, -0.15) is 10.2 Å². The molecule has 0 radical (unpaired) electrons. The summed E-state index contributed by atoms with van der Waals surface area (Å²) >= 11 is 0. The highest BCUT2D eigenvalue weighted by Gasteiger charge is 2.19. The van der Waals surface area contributed by atoms with Crippen LogP contribution in [0.5, 0.6) is 0 Å². The Labute approximate surface area is 190 Å². The normalized spacial score (nSPS) is 10.8. The molecule has 2 aromatic carbocycles. The molecule has 0 fully saturated rings. The largest absolute Gasteiger partial charge is 0.273 e. The third-order valence-corrected chi connectivity index (χ3v) is 5.09. The van der Waals surface area contributed by atoms with Gasteiger partial charge >= 0.3 is 0 Å². The van der Waals surface area contributed by atoms with Gasteiger partial charge < -0.3 is 0 Å². The molecule has 2 N–H and O–H groups in total. The Morgan fingerprint density at radius 1 is 0.939 bits per heavy atom. The molecule has 2 amide bonds. The van der Waals surface area contributed by atoms with E-state index >= 15 is 0 Å². The molecule has 0 spiro atoms. The average Bonchev–Trinajstić information content (AvgIpc) is 3.36. The zero-order valence-corrected chi connectivity index (χ0v) is 18.5. The second-order valence-corrected chi connectivity index (χ2v) is 7.77. The third kappa shape index (κ3) is 4.98. The van der Waals surface area contributed by atoms with Crippen molar-refractivity contribution in [3.05, 3.63) is 89.1 Å². The zero-order chi connectivity index (χ0) is 23.5. The molecular formula is C24H23FN6O2. The van der Waals surface area contributed by atoms with E-state index in [0.717, 1.165) is 22.5 Å². The number of hydrazine groups is 1. The Kier molecular flexibility index (Phi) is 6.03. The first-order valence-electron chi connectivity index (χ1n) is 10.3. The van der Waals surface area contributed by atoms with Crippen molar-refractivity contribution >= 4 is 11.8 Å². The summed E-state index contributed by atoms with van der Waals surface area (Å²) in [6.45, 7) is 5.63. The van der Waals surface area contributed by atoms with Crippen LogP contribution in [0, 0.1) is 26.6 Å². The monoisotopic (exact) mass is 446 g/mol. The molecule has 168 valence electrons. The van der Waals surface area contributed by atoms with Gasteiger partial charge in [0.2, 0.25) is 0 Å². The fraction of sp³-hybridized carbons (Fsp3) is 0.167. The smallest absolute Gasteiger partial charge is 0.271 e. The molecule has 4 rings (SSSR count). The number of benzene rings is 2. The Hall–Kier alpha value is -4.27. The van der Waals surface area contributed by atoms with E-state index in [1.165, 1.54) is 16.8 Å². The maximum absolute atomic E-state index is 13.3. The number of carbonyl (C=O) groups excluding carboxylic acids is 2. The molecule has 8 nitrogen and oxygen atoms in total. The summed E-state index contributed by atoms with van der Waals surface area (Å²) in [5.74, 6) is -1.31. The predicted molar refractivity (Wildman–Crippen MR) is 121 cm³/mol. The first kappa shape index (κ1) is 21.9. The molecule has 33 heavy (non-hydrogen) atoms. The quantitative estimate of drug-likeness (QED) is 0.460. The number of carbonyl (C=O) groups is 2. The molecule has 2 aromatic heterocycles. The first-order chi connectivity index (χ1) is 15.8.